The molecule has 0 aliphatic heterocycles. The van der Waals surface area contributed by atoms with Crippen LogP contribution in [0.3, 0.4) is 0 Å². The van der Waals surface area contributed by atoms with E-state index in [4.69, 9.17) is 0 Å². The van der Waals surface area contributed by atoms with E-state index >= 15 is 0 Å². The van der Waals surface area contributed by atoms with Crippen molar-refractivity contribution in [2.24, 2.45) is 5.41 Å². The number of tetrazole rings is 1. The molecule has 7 nitrogen and oxygen atoms in total. The smallest absolute Gasteiger partial charge is 0.315 e. The minimum absolute atomic E-state index is 0.0640. The summed E-state index contributed by atoms with van der Waals surface area (Å²) in [5.41, 5.74) is -0.380. The third-order valence-corrected chi connectivity index (χ3v) is 4.62. The maximum absolute atomic E-state index is 12.2. The fourth-order valence-corrected chi connectivity index (χ4v) is 3.07. The summed E-state index contributed by atoms with van der Waals surface area (Å²) in [6, 6.07) is -0.153. The second-order valence-electron chi connectivity index (χ2n) is 6.43. The van der Waals surface area contributed by atoms with E-state index in [0.29, 0.717) is 12.4 Å². The summed E-state index contributed by atoms with van der Waals surface area (Å²) in [7, 11) is 0. The van der Waals surface area contributed by atoms with E-state index in [-0.39, 0.29) is 11.4 Å². The number of allylic oxidation sites excluding steroid dienone is 1. The molecule has 114 valence electrons. The lowest BCUT2D eigenvalue weighted by molar-refractivity contribution is 0.166. The van der Waals surface area contributed by atoms with Crippen molar-refractivity contribution in [1.82, 2.24) is 31.3 Å². The van der Waals surface area contributed by atoms with Gasteiger partial charge >= 0.3 is 6.03 Å². The number of carbonyl (C=O) groups excluding carboxylic acids is 1. The van der Waals surface area contributed by atoms with Gasteiger partial charge < -0.3 is 10.6 Å². The summed E-state index contributed by atoms with van der Waals surface area (Å²) in [6.45, 7) is 2.83. The lowest BCUT2D eigenvalue weighted by Crippen LogP contribution is -2.55. The van der Waals surface area contributed by atoms with Crippen molar-refractivity contribution < 1.29 is 4.79 Å². The number of hydrogen-bond acceptors (Lipinski definition) is 4. The normalized spacial score (nSPS) is 26.9. The molecule has 0 aromatic carbocycles. The number of aromatic amines is 1. The van der Waals surface area contributed by atoms with Gasteiger partial charge in [-0.3, -0.25) is 0 Å². The first-order chi connectivity index (χ1) is 10.1. The zero-order valence-corrected chi connectivity index (χ0v) is 12.4. The highest BCUT2D eigenvalue weighted by atomic mass is 16.2. The summed E-state index contributed by atoms with van der Waals surface area (Å²) in [4.78, 5) is 12.2. The van der Waals surface area contributed by atoms with Crippen LogP contribution >= 0.6 is 0 Å². The molecular weight excluding hydrogens is 268 g/mol. The van der Waals surface area contributed by atoms with Gasteiger partial charge in [0.2, 0.25) is 0 Å². The van der Waals surface area contributed by atoms with Crippen molar-refractivity contribution in [3.8, 4) is 0 Å². The molecule has 1 aromatic heterocycles. The second-order valence-corrected chi connectivity index (χ2v) is 6.43. The molecule has 0 spiro atoms. The number of nitrogens with zero attached hydrogens (tertiary/aromatic N) is 3. The van der Waals surface area contributed by atoms with Gasteiger partial charge in [0.1, 0.15) is 5.54 Å². The number of carbonyl (C=O) groups is 1. The number of rotatable bonds is 4. The van der Waals surface area contributed by atoms with Gasteiger partial charge in [0, 0.05) is 12.0 Å². The Labute approximate surface area is 124 Å². The van der Waals surface area contributed by atoms with E-state index < -0.39 is 5.54 Å². The highest BCUT2D eigenvalue weighted by molar-refractivity contribution is 5.75. The molecule has 3 N–H and O–H groups in total. The van der Waals surface area contributed by atoms with Crippen LogP contribution in [0.15, 0.2) is 12.2 Å². The molecule has 0 saturated heterocycles. The van der Waals surface area contributed by atoms with Crippen LogP contribution in [0.1, 0.15) is 51.3 Å². The Balaban J connectivity index is 1.56. The average molecular weight is 290 g/mol. The number of amides is 2. The van der Waals surface area contributed by atoms with Crippen LogP contribution in [0.2, 0.25) is 0 Å². The fourth-order valence-electron chi connectivity index (χ4n) is 3.07. The van der Waals surface area contributed by atoms with Crippen LogP contribution < -0.4 is 10.6 Å². The fraction of sp³-hybridized carbons (Fsp3) is 0.714. The summed E-state index contributed by atoms with van der Waals surface area (Å²) >= 11 is 0. The minimum atomic E-state index is -0.444. The number of urea groups is 1. The highest BCUT2D eigenvalue weighted by Crippen LogP contribution is 2.39. The van der Waals surface area contributed by atoms with E-state index in [1.54, 1.807) is 0 Å². The minimum Gasteiger partial charge on any atom is -0.337 e. The Bertz CT molecular complexity index is 522. The molecule has 2 aliphatic rings. The third kappa shape index (κ3) is 2.91. The predicted molar refractivity (Wildman–Crippen MR) is 77.3 cm³/mol. The van der Waals surface area contributed by atoms with Crippen molar-refractivity contribution in [3.63, 3.8) is 0 Å². The predicted octanol–water partition coefficient (Wildman–Crippen LogP) is 1.62. The molecule has 0 bridgehead atoms. The van der Waals surface area contributed by atoms with E-state index in [1.807, 2.05) is 0 Å². The zero-order chi connectivity index (χ0) is 14.8. The first-order valence-corrected chi connectivity index (χ1v) is 7.60. The second kappa shape index (κ2) is 5.46. The van der Waals surface area contributed by atoms with Crippen LogP contribution in [0.25, 0.3) is 0 Å². The molecule has 3 rings (SSSR count). The molecule has 1 heterocycles. The van der Waals surface area contributed by atoms with Crippen LogP contribution in [0.4, 0.5) is 4.79 Å². The monoisotopic (exact) mass is 290 g/mol. The lowest BCUT2D eigenvalue weighted by Gasteiger charge is -2.39. The molecule has 1 unspecified atom stereocenters. The number of aromatic nitrogens is 4. The summed E-state index contributed by atoms with van der Waals surface area (Å²) in [5.74, 6) is 0.577. The largest absolute Gasteiger partial charge is 0.337 e. The van der Waals surface area contributed by atoms with E-state index in [1.165, 1.54) is 6.42 Å². The first kappa shape index (κ1) is 14.0. The number of hydrogen-bond donors (Lipinski definition) is 3. The van der Waals surface area contributed by atoms with Crippen molar-refractivity contribution in [1.29, 1.82) is 0 Å². The Morgan fingerprint density at radius 2 is 2.24 bits per heavy atom. The van der Waals surface area contributed by atoms with Gasteiger partial charge in [0.15, 0.2) is 5.82 Å². The Kier molecular flexibility index (Phi) is 3.65. The van der Waals surface area contributed by atoms with Crippen molar-refractivity contribution in [2.45, 2.75) is 51.0 Å². The molecular formula is C14H22N6O. The maximum Gasteiger partial charge on any atom is 0.315 e. The van der Waals surface area contributed by atoms with Crippen LogP contribution in [-0.2, 0) is 5.54 Å². The summed E-state index contributed by atoms with van der Waals surface area (Å²) < 4.78 is 0. The quantitative estimate of drug-likeness (QED) is 0.734. The van der Waals surface area contributed by atoms with Gasteiger partial charge in [0.05, 0.1) is 0 Å². The summed E-state index contributed by atoms with van der Waals surface area (Å²) in [5, 5.41) is 20.1. The molecule has 0 radical (unpaired) electrons. The van der Waals surface area contributed by atoms with Crippen LogP contribution in [0, 0.1) is 5.41 Å². The van der Waals surface area contributed by atoms with Gasteiger partial charge in [-0.05, 0) is 38.5 Å². The average Bonchev–Trinajstić information content (AvgIpc) is 2.96. The van der Waals surface area contributed by atoms with Gasteiger partial charge in [0.25, 0.3) is 0 Å². The molecule has 1 atom stereocenters. The molecule has 2 amide bonds. The molecule has 1 aromatic rings. The van der Waals surface area contributed by atoms with E-state index in [0.717, 1.165) is 32.1 Å². The lowest BCUT2D eigenvalue weighted by atomic mass is 9.76. The van der Waals surface area contributed by atoms with Crippen LogP contribution in [-0.4, -0.2) is 33.2 Å². The molecule has 21 heavy (non-hydrogen) atoms. The highest BCUT2D eigenvalue weighted by Gasteiger charge is 2.44. The topological polar surface area (TPSA) is 95.6 Å². The van der Waals surface area contributed by atoms with Gasteiger partial charge in [-0.25, -0.2) is 4.79 Å². The van der Waals surface area contributed by atoms with Gasteiger partial charge in [-0.2, -0.15) is 5.21 Å². The number of nitrogens with one attached hydrogen (secondary N) is 3. The molecule has 1 saturated carbocycles. The van der Waals surface area contributed by atoms with Crippen molar-refractivity contribution >= 4 is 6.03 Å². The maximum atomic E-state index is 12.2. The van der Waals surface area contributed by atoms with E-state index in [9.17, 15) is 4.79 Å². The van der Waals surface area contributed by atoms with Gasteiger partial charge in [-0.1, -0.05) is 24.3 Å². The Morgan fingerprint density at radius 3 is 2.81 bits per heavy atom. The Morgan fingerprint density at radius 1 is 1.38 bits per heavy atom. The molecule has 2 aliphatic carbocycles. The van der Waals surface area contributed by atoms with Crippen LogP contribution in [0.5, 0.6) is 0 Å². The van der Waals surface area contributed by atoms with Gasteiger partial charge in [-0.15, -0.1) is 10.2 Å². The van der Waals surface area contributed by atoms with Crippen molar-refractivity contribution in [3.05, 3.63) is 18.0 Å². The molecule has 7 heteroatoms. The summed E-state index contributed by atoms with van der Waals surface area (Å²) in [6.07, 6.45) is 10.6. The van der Waals surface area contributed by atoms with E-state index in [2.05, 4.69) is 50.3 Å². The molecule has 1 fully saturated rings. The third-order valence-electron chi connectivity index (χ3n) is 4.62. The Hall–Kier alpha value is -1.92. The standard InChI is InChI=1S/C14H22N6O/c1-13(6-3-2-4-7-13)10-15-12(21)16-14(8-5-9-14)11-17-19-20-18-11/h3,6H,2,4-5,7-10H2,1H3,(H2,15,16,21)(H,17,18,19,20). The number of H-pyrrole nitrogens is 1. The first-order valence-electron chi connectivity index (χ1n) is 7.60. The SMILES string of the molecule is CC1(CNC(=O)NC2(c3nn[nH]n3)CCC2)C=CCCC1. The zero-order valence-electron chi connectivity index (χ0n) is 12.4. The van der Waals surface area contributed by atoms with Crippen molar-refractivity contribution in [2.75, 3.05) is 6.54 Å².